The number of aromatic hydroxyl groups is 2. The van der Waals surface area contributed by atoms with E-state index < -0.39 is 0 Å². The van der Waals surface area contributed by atoms with E-state index in [2.05, 4.69) is 12.1 Å². The molecular formula is C28H22N2O3S. The summed E-state index contributed by atoms with van der Waals surface area (Å²) in [6, 6.07) is 23.9. The number of carbonyl (C=O) groups is 1. The molecule has 0 radical (unpaired) electrons. The molecule has 1 amide bonds. The number of anilines is 1. The van der Waals surface area contributed by atoms with Crippen molar-refractivity contribution >= 4 is 33.8 Å². The quantitative estimate of drug-likeness (QED) is 0.309. The van der Waals surface area contributed by atoms with Crippen molar-refractivity contribution in [3.05, 3.63) is 106 Å². The van der Waals surface area contributed by atoms with Crippen molar-refractivity contribution < 1.29 is 15.0 Å². The van der Waals surface area contributed by atoms with Crippen molar-refractivity contribution in [3.63, 3.8) is 0 Å². The summed E-state index contributed by atoms with van der Waals surface area (Å²) < 4.78 is 0. The maximum Gasteiger partial charge on any atom is 0.262 e. The SMILES string of the molecule is Cc1cc2ccccc2nc1-c1ccc(N(Cc2ccsc2)C(=O)c2ccc(O)cc2O)cc1. The van der Waals surface area contributed by atoms with Gasteiger partial charge in [-0.15, -0.1) is 0 Å². The van der Waals surface area contributed by atoms with Gasteiger partial charge < -0.3 is 15.1 Å². The highest BCUT2D eigenvalue weighted by atomic mass is 32.1. The normalized spacial score (nSPS) is 11.0. The topological polar surface area (TPSA) is 73.7 Å². The molecule has 0 aliphatic rings. The zero-order valence-corrected chi connectivity index (χ0v) is 19.3. The first-order chi connectivity index (χ1) is 16.5. The number of benzene rings is 3. The van der Waals surface area contributed by atoms with E-state index in [-0.39, 0.29) is 23.0 Å². The maximum atomic E-state index is 13.4. The van der Waals surface area contributed by atoms with Gasteiger partial charge in [-0.3, -0.25) is 4.79 Å². The fourth-order valence-electron chi connectivity index (χ4n) is 4.00. The van der Waals surface area contributed by atoms with Gasteiger partial charge in [0.1, 0.15) is 11.5 Å². The van der Waals surface area contributed by atoms with Crippen LogP contribution < -0.4 is 4.90 Å². The zero-order chi connectivity index (χ0) is 23.7. The predicted octanol–water partition coefficient (Wildman–Crippen LogP) is 6.53. The molecule has 3 aromatic carbocycles. The number of carbonyl (C=O) groups excluding carboxylic acids is 1. The molecule has 5 rings (SSSR count). The van der Waals surface area contributed by atoms with Crippen molar-refractivity contribution in [1.82, 2.24) is 4.98 Å². The highest BCUT2D eigenvalue weighted by molar-refractivity contribution is 7.07. The van der Waals surface area contributed by atoms with E-state index >= 15 is 0 Å². The van der Waals surface area contributed by atoms with Crippen molar-refractivity contribution in [1.29, 1.82) is 0 Å². The third-order valence-electron chi connectivity index (χ3n) is 5.74. The number of fused-ring (bicyclic) bond motifs is 1. The minimum absolute atomic E-state index is 0.0963. The van der Waals surface area contributed by atoms with Crippen LogP contribution in [0.1, 0.15) is 21.5 Å². The molecule has 0 unspecified atom stereocenters. The van der Waals surface area contributed by atoms with Crippen LogP contribution in [-0.2, 0) is 6.54 Å². The van der Waals surface area contributed by atoms with Crippen LogP contribution in [0.15, 0.2) is 89.6 Å². The molecule has 2 aromatic heterocycles. The van der Waals surface area contributed by atoms with Crippen molar-refractivity contribution in [2.24, 2.45) is 0 Å². The number of phenols is 2. The lowest BCUT2D eigenvalue weighted by Gasteiger charge is -2.23. The fraction of sp³-hybridized carbons (Fsp3) is 0.0714. The van der Waals surface area contributed by atoms with E-state index in [1.165, 1.54) is 18.2 Å². The van der Waals surface area contributed by atoms with Crippen molar-refractivity contribution in [2.45, 2.75) is 13.5 Å². The van der Waals surface area contributed by atoms with Gasteiger partial charge in [0, 0.05) is 22.7 Å². The van der Waals surface area contributed by atoms with Gasteiger partial charge in [0.25, 0.3) is 5.91 Å². The van der Waals surface area contributed by atoms with Crippen LogP contribution in [0, 0.1) is 6.92 Å². The number of aryl methyl sites for hydroxylation is 1. The largest absolute Gasteiger partial charge is 0.508 e. The van der Waals surface area contributed by atoms with E-state index in [4.69, 9.17) is 4.98 Å². The molecule has 2 N–H and O–H groups in total. The summed E-state index contributed by atoms with van der Waals surface area (Å²) in [6.45, 7) is 2.40. The molecule has 34 heavy (non-hydrogen) atoms. The first kappa shape index (κ1) is 21.7. The lowest BCUT2D eigenvalue weighted by molar-refractivity contribution is 0.0982. The molecule has 0 aliphatic carbocycles. The molecule has 2 heterocycles. The maximum absolute atomic E-state index is 13.4. The Balaban J connectivity index is 1.52. The van der Waals surface area contributed by atoms with Crippen molar-refractivity contribution in [2.75, 3.05) is 4.90 Å². The molecule has 0 aliphatic heterocycles. The minimum atomic E-state index is -0.350. The molecule has 168 valence electrons. The van der Waals surface area contributed by atoms with Crippen LogP contribution in [0.5, 0.6) is 11.5 Å². The van der Waals surface area contributed by atoms with Gasteiger partial charge >= 0.3 is 0 Å². The number of thiophene rings is 1. The number of hydrogen-bond acceptors (Lipinski definition) is 5. The summed E-state index contributed by atoms with van der Waals surface area (Å²) in [4.78, 5) is 19.9. The smallest absolute Gasteiger partial charge is 0.262 e. The Morgan fingerprint density at radius 1 is 0.971 bits per heavy atom. The monoisotopic (exact) mass is 466 g/mol. The van der Waals surface area contributed by atoms with Crippen LogP contribution in [0.3, 0.4) is 0 Å². The van der Waals surface area contributed by atoms with Crippen LogP contribution in [0.4, 0.5) is 5.69 Å². The Bertz CT molecular complexity index is 1480. The lowest BCUT2D eigenvalue weighted by atomic mass is 10.0. The van der Waals surface area contributed by atoms with Crippen LogP contribution in [0.2, 0.25) is 0 Å². The standard InChI is InChI=1S/C28H22N2O3S/c1-18-14-21-4-2-3-5-25(21)29-27(18)20-6-8-22(9-7-20)30(16-19-12-13-34-17-19)28(33)24-11-10-23(31)15-26(24)32/h2-15,17,31-32H,16H2,1H3. The molecule has 0 saturated carbocycles. The fourth-order valence-corrected chi connectivity index (χ4v) is 4.66. The third kappa shape index (κ3) is 4.23. The van der Waals surface area contributed by atoms with E-state index in [0.717, 1.165) is 33.3 Å². The van der Waals surface area contributed by atoms with Gasteiger partial charge in [0.15, 0.2) is 0 Å². The molecule has 0 spiro atoms. The average Bonchev–Trinajstić information content (AvgIpc) is 3.35. The highest BCUT2D eigenvalue weighted by Crippen LogP contribution is 2.30. The summed E-state index contributed by atoms with van der Waals surface area (Å²) in [5.41, 5.74) is 5.69. The first-order valence-corrected chi connectivity index (χ1v) is 11.8. The number of amides is 1. The predicted molar refractivity (Wildman–Crippen MR) is 137 cm³/mol. The van der Waals surface area contributed by atoms with E-state index in [9.17, 15) is 15.0 Å². The Kier molecular flexibility index (Phi) is 5.74. The van der Waals surface area contributed by atoms with E-state index in [1.807, 2.05) is 66.2 Å². The number of nitrogens with zero attached hydrogens (tertiary/aromatic N) is 2. The van der Waals surface area contributed by atoms with Gasteiger partial charge in [-0.2, -0.15) is 11.3 Å². The number of para-hydroxylation sites is 1. The summed E-state index contributed by atoms with van der Waals surface area (Å²) >= 11 is 1.56. The third-order valence-corrected chi connectivity index (χ3v) is 6.48. The van der Waals surface area contributed by atoms with Crippen LogP contribution in [-0.4, -0.2) is 21.1 Å². The second-order valence-electron chi connectivity index (χ2n) is 8.12. The van der Waals surface area contributed by atoms with Gasteiger partial charge in [0.2, 0.25) is 0 Å². The number of hydrogen-bond donors (Lipinski definition) is 2. The number of phenolic OH excluding ortho intramolecular Hbond substituents is 2. The molecule has 0 bridgehead atoms. The molecule has 6 heteroatoms. The first-order valence-electron chi connectivity index (χ1n) is 10.8. The second-order valence-corrected chi connectivity index (χ2v) is 8.90. The number of pyridine rings is 1. The lowest BCUT2D eigenvalue weighted by Crippen LogP contribution is -2.30. The average molecular weight is 467 g/mol. The molecule has 0 fully saturated rings. The molecule has 0 atom stereocenters. The number of rotatable bonds is 5. The Labute approximate surface area is 201 Å². The molecule has 5 aromatic rings. The highest BCUT2D eigenvalue weighted by Gasteiger charge is 2.22. The summed E-state index contributed by atoms with van der Waals surface area (Å²) in [5, 5.41) is 25.0. The Morgan fingerprint density at radius 2 is 1.76 bits per heavy atom. The Hall–Kier alpha value is -4.16. The van der Waals surface area contributed by atoms with Gasteiger partial charge in [-0.1, -0.05) is 30.3 Å². The van der Waals surface area contributed by atoms with E-state index in [1.54, 1.807) is 16.2 Å². The molecule has 5 nitrogen and oxygen atoms in total. The molecular weight excluding hydrogens is 444 g/mol. The summed E-state index contributed by atoms with van der Waals surface area (Å²) in [6.07, 6.45) is 0. The number of aromatic nitrogens is 1. The van der Waals surface area contributed by atoms with Crippen LogP contribution >= 0.6 is 11.3 Å². The summed E-state index contributed by atoms with van der Waals surface area (Å²) in [7, 11) is 0. The van der Waals surface area contributed by atoms with E-state index in [0.29, 0.717) is 12.2 Å². The second kappa shape index (κ2) is 9.00. The van der Waals surface area contributed by atoms with Gasteiger partial charge in [-0.25, -0.2) is 4.98 Å². The van der Waals surface area contributed by atoms with Gasteiger partial charge in [0.05, 0.1) is 23.3 Å². The minimum Gasteiger partial charge on any atom is -0.508 e. The summed E-state index contributed by atoms with van der Waals surface area (Å²) in [5.74, 6) is -0.703. The molecule has 0 saturated heterocycles. The zero-order valence-electron chi connectivity index (χ0n) is 18.5. The van der Waals surface area contributed by atoms with Crippen LogP contribution in [0.25, 0.3) is 22.2 Å². The van der Waals surface area contributed by atoms with Gasteiger partial charge in [-0.05, 0) is 71.3 Å². The van der Waals surface area contributed by atoms with Crippen molar-refractivity contribution in [3.8, 4) is 22.8 Å². The Morgan fingerprint density at radius 3 is 2.50 bits per heavy atom.